The van der Waals surface area contributed by atoms with Crippen LogP contribution in [0.3, 0.4) is 0 Å². The molecule has 10 rings (SSSR count). The molecule has 10 aliphatic rings. The molecule has 0 spiro atoms. The summed E-state index contributed by atoms with van der Waals surface area (Å²) in [4.78, 5) is 0. The van der Waals surface area contributed by atoms with E-state index in [2.05, 4.69) is 97.2 Å². The Morgan fingerprint density at radius 2 is 0.317 bits per heavy atom. The summed E-state index contributed by atoms with van der Waals surface area (Å²) in [6.45, 7) is 0. The van der Waals surface area contributed by atoms with Gasteiger partial charge in [-0.05, 0) is 178 Å². The van der Waals surface area contributed by atoms with Crippen LogP contribution in [0.4, 0.5) is 0 Å². The third-order valence-corrected chi connectivity index (χ3v) is 14.8. The molecule has 4 bridgehead atoms. The van der Waals surface area contributed by atoms with Crippen LogP contribution < -0.4 is 0 Å². The molecule has 352 valence electrons. The van der Waals surface area contributed by atoms with Crippen LogP contribution in [0.2, 0.25) is 0 Å². The van der Waals surface area contributed by atoms with Gasteiger partial charge in [0.25, 0.3) is 0 Å². The molecule has 0 aromatic rings. The third kappa shape index (κ3) is 28.1. The number of hydrogen-bond acceptors (Lipinski definition) is 4. The Morgan fingerprint density at radius 1 is 0.217 bits per heavy atom. The van der Waals surface area contributed by atoms with Crippen LogP contribution in [0.25, 0.3) is 0 Å². The molecule has 0 heterocycles. The van der Waals surface area contributed by atoms with Gasteiger partial charge >= 0.3 is 0 Å². The van der Waals surface area contributed by atoms with Crippen LogP contribution in [-0.4, -0.2) is 23.0 Å². The average Bonchev–Trinajstić information content (AvgIpc) is 3.18. The van der Waals surface area contributed by atoms with Crippen LogP contribution in [0.15, 0.2) is 97.2 Å². The summed E-state index contributed by atoms with van der Waals surface area (Å²) in [6, 6.07) is 0. The van der Waals surface area contributed by atoms with Gasteiger partial charge in [-0.15, -0.1) is 0 Å². The molecule has 0 aromatic heterocycles. The standard InChI is InChI=1S/2C10H18S2.4C8H12.4Rh/c2*11-5-9-7-1-2-8(4-3-7)10(9)6-12;4*1-2-4-6-8-7-5-3-1;;;;/h2*7-12H,1-6H2;4*1-2,7-8H,3-6H2;;;;/p-4/b;;4*2-1-,8-7-;;;;/t2*7?,8?,9-,10-;;;;;;;;/m11......../s1. The van der Waals surface area contributed by atoms with Gasteiger partial charge in [-0.3, -0.25) is 0 Å². The van der Waals surface area contributed by atoms with Crippen molar-refractivity contribution in [3.8, 4) is 0 Å². The van der Waals surface area contributed by atoms with Gasteiger partial charge in [0.05, 0.1) is 0 Å². The summed E-state index contributed by atoms with van der Waals surface area (Å²) in [7, 11) is 0. The predicted octanol–water partition coefficient (Wildman–Crippen LogP) is 14.9. The SMILES string of the molecule is C1=C\CC/C=C\CC/1.C1=C\CC/C=C\CC/1.C1=C\CC/C=C\CC/1.C1=C\CC/C=C\CC/1.[Rh].[Rh].[Rh].[Rh].[S-]C[C@@H]1C2CCC(CC2)[C@H]1C[S-].[S-]C[C@@H]1C2CCC(CC2)[C@H]1C[S-]. The van der Waals surface area contributed by atoms with Gasteiger partial charge < -0.3 is 50.5 Å². The second-order valence-electron chi connectivity index (χ2n) is 17.1. The van der Waals surface area contributed by atoms with Crippen LogP contribution in [0, 0.1) is 47.3 Å². The van der Waals surface area contributed by atoms with Crippen molar-refractivity contribution in [2.45, 2.75) is 154 Å². The summed E-state index contributed by atoms with van der Waals surface area (Å²) >= 11 is 20.9. The molecule has 0 N–H and O–H groups in total. The Balaban J connectivity index is 0. The number of allylic oxidation sites excluding steroid dienone is 16. The molecular formula is C52H80Rh4S4-4. The van der Waals surface area contributed by atoms with Crippen molar-refractivity contribution < 1.29 is 77.9 Å². The van der Waals surface area contributed by atoms with Gasteiger partial charge in [0, 0.05) is 77.9 Å². The monoisotopic (exact) mass is 1240 g/mol. The maximum absolute atomic E-state index is 5.23. The molecule has 4 radical (unpaired) electrons. The minimum atomic E-state index is 0. The summed E-state index contributed by atoms with van der Waals surface area (Å²) in [6.07, 6.45) is 67.5. The smallest absolute Gasteiger partial charge is 0 e. The quantitative estimate of drug-likeness (QED) is 0.156. The number of rotatable bonds is 4. The van der Waals surface area contributed by atoms with Crippen LogP contribution >= 0.6 is 0 Å². The molecule has 0 saturated heterocycles. The Morgan fingerprint density at radius 3 is 0.400 bits per heavy atom. The fourth-order valence-corrected chi connectivity index (χ4v) is 11.9. The molecule has 0 amide bonds. The minimum absolute atomic E-state index is 0. The molecule has 60 heavy (non-hydrogen) atoms. The first kappa shape index (κ1) is 63.9. The van der Waals surface area contributed by atoms with E-state index in [1.54, 1.807) is 0 Å². The molecule has 0 unspecified atom stereocenters. The van der Waals surface area contributed by atoms with Crippen molar-refractivity contribution in [3.05, 3.63) is 97.2 Å². The molecule has 6 fully saturated rings. The Hall–Kier alpha value is 1.81. The van der Waals surface area contributed by atoms with E-state index in [0.29, 0.717) is 0 Å². The van der Waals surface area contributed by atoms with E-state index in [1.165, 1.54) is 154 Å². The fourth-order valence-electron chi connectivity index (χ4n) is 9.86. The van der Waals surface area contributed by atoms with Crippen LogP contribution in [-0.2, 0) is 128 Å². The van der Waals surface area contributed by atoms with E-state index >= 15 is 0 Å². The third-order valence-electron chi connectivity index (χ3n) is 13.3. The van der Waals surface area contributed by atoms with Crippen molar-refractivity contribution in [1.82, 2.24) is 0 Å². The van der Waals surface area contributed by atoms with E-state index in [1.807, 2.05) is 0 Å². The van der Waals surface area contributed by atoms with E-state index in [4.69, 9.17) is 50.5 Å². The second-order valence-corrected chi connectivity index (χ2v) is 18.4. The van der Waals surface area contributed by atoms with Crippen molar-refractivity contribution in [2.75, 3.05) is 23.0 Å². The van der Waals surface area contributed by atoms with Crippen molar-refractivity contribution in [1.29, 1.82) is 0 Å². The zero-order chi connectivity index (χ0) is 39.7. The van der Waals surface area contributed by atoms with E-state index < -0.39 is 0 Å². The molecule has 8 heteroatoms. The molecule has 0 nitrogen and oxygen atoms in total. The van der Waals surface area contributed by atoms with Crippen molar-refractivity contribution in [2.24, 2.45) is 47.3 Å². The topological polar surface area (TPSA) is 0 Å². The van der Waals surface area contributed by atoms with Gasteiger partial charge in [-0.25, -0.2) is 0 Å². The molecule has 4 atom stereocenters. The largest absolute Gasteiger partial charge is 0.792 e. The summed E-state index contributed by atoms with van der Waals surface area (Å²) < 4.78 is 0. The van der Waals surface area contributed by atoms with Gasteiger partial charge in [-0.2, -0.15) is 23.0 Å². The molecular weight excluding hydrogens is 1160 g/mol. The van der Waals surface area contributed by atoms with Crippen LogP contribution in [0.1, 0.15) is 154 Å². The average molecular weight is 1250 g/mol. The summed E-state index contributed by atoms with van der Waals surface area (Å²) in [5.74, 6) is 10.9. The Kier molecular flexibility index (Phi) is 47.5. The first-order valence-electron chi connectivity index (χ1n) is 23.3. The van der Waals surface area contributed by atoms with E-state index in [-0.39, 0.29) is 77.9 Å². The predicted molar refractivity (Wildman–Crippen MR) is 261 cm³/mol. The first-order valence-corrected chi connectivity index (χ1v) is 25.6. The number of hydrogen-bond donors (Lipinski definition) is 0. The maximum Gasteiger partial charge on any atom is 0 e. The second kappa shape index (κ2) is 44.6. The fraction of sp³-hybridized carbons (Fsp3) is 0.692. The van der Waals surface area contributed by atoms with Crippen molar-refractivity contribution >= 4 is 50.5 Å². The Bertz CT molecular complexity index is 906. The minimum Gasteiger partial charge on any atom is -0.792 e. The van der Waals surface area contributed by atoms with Crippen molar-refractivity contribution in [3.63, 3.8) is 0 Å². The van der Waals surface area contributed by atoms with Gasteiger partial charge in [0.2, 0.25) is 0 Å². The maximum atomic E-state index is 5.23. The zero-order valence-corrected chi connectivity index (χ0v) is 46.4. The first-order chi connectivity index (χ1) is 27.7. The normalized spacial score (nSPS) is 33.5. The van der Waals surface area contributed by atoms with Gasteiger partial charge in [0.15, 0.2) is 0 Å². The molecule has 0 aliphatic heterocycles. The zero-order valence-electron chi connectivity index (χ0n) is 36.6. The summed E-state index contributed by atoms with van der Waals surface area (Å²) in [5.41, 5.74) is 0. The molecule has 10 aliphatic carbocycles. The van der Waals surface area contributed by atoms with Gasteiger partial charge in [-0.1, -0.05) is 121 Å². The molecule has 6 saturated carbocycles. The molecule has 0 aromatic carbocycles. The van der Waals surface area contributed by atoms with E-state index in [0.717, 1.165) is 70.4 Å². The van der Waals surface area contributed by atoms with Gasteiger partial charge in [0.1, 0.15) is 0 Å². The summed E-state index contributed by atoms with van der Waals surface area (Å²) in [5, 5.41) is 0. The van der Waals surface area contributed by atoms with Crippen LogP contribution in [0.5, 0.6) is 0 Å². The number of fused-ring (bicyclic) bond motifs is 6. The Labute approximate surface area is 445 Å². The van der Waals surface area contributed by atoms with E-state index in [9.17, 15) is 0 Å².